The van der Waals surface area contributed by atoms with Crippen LogP contribution in [0, 0.1) is 0 Å². The second kappa shape index (κ2) is 4.11. The number of hydrogen-bond acceptors (Lipinski definition) is 3. The maximum absolute atomic E-state index is 10.7. The third-order valence-corrected chi connectivity index (χ3v) is 2.86. The third kappa shape index (κ3) is 3.12. The summed E-state index contributed by atoms with van der Waals surface area (Å²) in [5.41, 5.74) is 5.97. The summed E-state index contributed by atoms with van der Waals surface area (Å²) in [7, 11) is -4.22. The monoisotopic (exact) mass is 217 g/mol. The van der Waals surface area contributed by atoms with Crippen molar-refractivity contribution >= 4 is 7.60 Å². The van der Waals surface area contributed by atoms with E-state index in [1.54, 1.807) is 12.1 Å². The first-order chi connectivity index (χ1) is 6.39. The van der Waals surface area contributed by atoms with Crippen LogP contribution >= 0.6 is 7.60 Å². The van der Waals surface area contributed by atoms with Crippen LogP contribution in [0.15, 0.2) is 24.3 Å². The van der Waals surface area contributed by atoms with E-state index in [2.05, 4.69) is 0 Å². The smallest absolute Gasteiger partial charge is 0.342 e. The molecule has 0 saturated heterocycles. The molecule has 1 aromatic carbocycles. The van der Waals surface area contributed by atoms with Gasteiger partial charge in [0, 0.05) is 0 Å². The van der Waals surface area contributed by atoms with Gasteiger partial charge in [-0.1, -0.05) is 12.1 Å². The zero-order valence-electron chi connectivity index (χ0n) is 7.37. The van der Waals surface area contributed by atoms with Gasteiger partial charge in [0.25, 0.3) is 0 Å². The predicted molar refractivity (Wildman–Crippen MR) is 51.8 cm³/mol. The van der Waals surface area contributed by atoms with Gasteiger partial charge in [-0.05, 0) is 24.1 Å². The molecule has 1 rings (SSSR count). The van der Waals surface area contributed by atoms with Gasteiger partial charge in [0.05, 0.1) is 0 Å². The summed E-state index contributed by atoms with van der Waals surface area (Å²) >= 11 is 0. The largest absolute Gasteiger partial charge is 0.508 e. The van der Waals surface area contributed by atoms with Crippen LogP contribution in [0.25, 0.3) is 0 Å². The highest BCUT2D eigenvalue weighted by molar-refractivity contribution is 7.52. The van der Waals surface area contributed by atoms with Crippen LogP contribution in [0.4, 0.5) is 0 Å². The van der Waals surface area contributed by atoms with Gasteiger partial charge in [-0.15, -0.1) is 0 Å². The first-order valence-electron chi connectivity index (χ1n) is 3.98. The van der Waals surface area contributed by atoms with Gasteiger partial charge in [-0.2, -0.15) is 0 Å². The predicted octanol–water partition coefficient (Wildman–Crippen LogP) is 0.397. The van der Waals surface area contributed by atoms with E-state index in [1.165, 1.54) is 12.1 Å². The van der Waals surface area contributed by atoms with Crippen molar-refractivity contribution in [3.05, 3.63) is 29.8 Å². The molecule has 6 heteroatoms. The zero-order valence-corrected chi connectivity index (χ0v) is 8.26. The van der Waals surface area contributed by atoms with Crippen molar-refractivity contribution in [1.29, 1.82) is 0 Å². The van der Waals surface area contributed by atoms with Crippen LogP contribution in [-0.2, 0) is 11.0 Å². The van der Waals surface area contributed by atoms with Crippen LogP contribution in [0.1, 0.15) is 5.56 Å². The fraction of sp³-hybridized carbons (Fsp3) is 0.250. The minimum Gasteiger partial charge on any atom is -0.508 e. The summed E-state index contributed by atoms with van der Waals surface area (Å²) in [5, 5.41) is 8.97. The molecule has 1 aromatic rings. The standard InChI is InChI=1S/C8H12NO4P/c9-8(14(11,12)13)5-6-1-3-7(10)4-2-6/h1-4,8,10H,5,9H2,(H2,11,12,13). The average molecular weight is 217 g/mol. The maximum atomic E-state index is 10.7. The van der Waals surface area contributed by atoms with E-state index >= 15 is 0 Å². The van der Waals surface area contributed by atoms with Crippen molar-refractivity contribution in [3.8, 4) is 5.75 Å². The van der Waals surface area contributed by atoms with Gasteiger partial charge in [0.15, 0.2) is 0 Å². The van der Waals surface area contributed by atoms with E-state index in [4.69, 9.17) is 20.6 Å². The van der Waals surface area contributed by atoms with Crippen molar-refractivity contribution in [2.45, 2.75) is 12.2 Å². The van der Waals surface area contributed by atoms with Crippen LogP contribution in [0.3, 0.4) is 0 Å². The van der Waals surface area contributed by atoms with Crippen LogP contribution in [-0.4, -0.2) is 20.7 Å². The lowest BCUT2D eigenvalue weighted by Gasteiger charge is -2.12. The van der Waals surface area contributed by atoms with Gasteiger partial charge in [0.2, 0.25) is 0 Å². The first-order valence-corrected chi connectivity index (χ1v) is 5.66. The summed E-state index contributed by atoms with van der Waals surface area (Å²) in [5.74, 6) is -1.08. The normalized spacial score (nSPS) is 13.9. The highest BCUT2D eigenvalue weighted by Gasteiger charge is 2.24. The molecule has 0 aromatic heterocycles. The summed E-state index contributed by atoms with van der Waals surface area (Å²) in [6, 6.07) is 6.04. The van der Waals surface area contributed by atoms with Gasteiger partial charge in [0.1, 0.15) is 11.5 Å². The van der Waals surface area contributed by atoms with Crippen molar-refractivity contribution in [2.75, 3.05) is 0 Å². The van der Waals surface area contributed by atoms with E-state index in [0.717, 1.165) is 0 Å². The first kappa shape index (κ1) is 11.2. The van der Waals surface area contributed by atoms with Crippen LogP contribution in [0.2, 0.25) is 0 Å². The number of aromatic hydroxyl groups is 1. The molecule has 1 atom stereocenters. The minimum atomic E-state index is -4.22. The number of benzene rings is 1. The number of phenolic OH excluding ortho intramolecular Hbond substituents is 1. The fourth-order valence-corrected chi connectivity index (χ4v) is 1.44. The van der Waals surface area contributed by atoms with Crippen LogP contribution in [0.5, 0.6) is 5.75 Å². The van der Waals surface area contributed by atoms with Crippen molar-refractivity contribution in [3.63, 3.8) is 0 Å². The number of hydrogen-bond donors (Lipinski definition) is 4. The average Bonchev–Trinajstić information content (AvgIpc) is 2.07. The quantitative estimate of drug-likeness (QED) is 0.548. The Hall–Kier alpha value is -0.870. The molecule has 0 heterocycles. The minimum absolute atomic E-state index is 0.0879. The van der Waals surface area contributed by atoms with E-state index in [1.807, 2.05) is 0 Å². The number of nitrogens with two attached hydrogens (primary N) is 1. The SMILES string of the molecule is NC(Cc1ccc(O)cc1)P(=O)(O)O. The second-order valence-electron chi connectivity index (χ2n) is 3.03. The van der Waals surface area contributed by atoms with Crippen molar-refractivity contribution in [2.24, 2.45) is 5.73 Å². The Morgan fingerprint density at radius 2 is 1.79 bits per heavy atom. The molecule has 0 bridgehead atoms. The van der Waals surface area contributed by atoms with Crippen molar-refractivity contribution in [1.82, 2.24) is 0 Å². The van der Waals surface area contributed by atoms with Gasteiger partial charge >= 0.3 is 7.60 Å². The number of phenols is 1. The molecule has 0 aliphatic rings. The van der Waals surface area contributed by atoms with E-state index in [0.29, 0.717) is 5.56 Å². The molecule has 0 fully saturated rings. The molecule has 0 spiro atoms. The lowest BCUT2D eigenvalue weighted by molar-refractivity contribution is 0.358. The Morgan fingerprint density at radius 1 is 1.29 bits per heavy atom. The molecule has 0 amide bonds. The fourth-order valence-electron chi connectivity index (χ4n) is 0.992. The van der Waals surface area contributed by atoms with Gasteiger partial charge in [-0.25, -0.2) is 0 Å². The molecule has 1 unspecified atom stereocenters. The molecule has 78 valence electrons. The Morgan fingerprint density at radius 3 is 2.21 bits per heavy atom. The van der Waals surface area contributed by atoms with E-state index in [9.17, 15) is 4.57 Å². The Kier molecular flexibility index (Phi) is 3.29. The molecule has 0 aliphatic carbocycles. The summed E-state index contributed by atoms with van der Waals surface area (Å²) in [6.45, 7) is 0. The molecule has 0 aliphatic heterocycles. The Balaban J connectivity index is 2.70. The van der Waals surface area contributed by atoms with Crippen molar-refractivity contribution < 1.29 is 19.5 Å². The molecular weight excluding hydrogens is 205 g/mol. The zero-order chi connectivity index (χ0) is 10.8. The van der Waals surface area contributed by atoms with Crippen LogP contribution < -0.4 is 5.73 Å². The molecule has 0 radical (unpaired) electrons. The Bertz CT molecular complexity index is 345. The van der Waals surface area contributed by atoms with Gasteiger partial charge < -0.3 is 20.6 Å². The maximum Gasteiger partial charge on any atom is 0.342 e. The molecule has 14 heavy (non-hydrogen) atoms. The highest BCUT2D eigenvalue weighted by Crippen LogP contribution is 2.39. The topological polar surface area (TPSA) is 104 Å². The molecule has 0 saturated carbocycles. The lowest BCUT2D eigenvalue weighted by atomic mass is 10.1. The second-order valence-corrected chi connectivity index (χ2v) is 4.87. The molecular formula is C8H12NO4P. The molecule has 5 nitrogen and oxygen atoms in total. The highest BCUT2D eigenvalue weighted by atomic mass is 31.2. The lowest BCUT2D eigenvalue weighted by Crippen LogP contribution is -2.22. The number of rotatable bonds is 3. The van der Waals surface area contributed by atoms with E-state index in [-0.39, 0.29) is 12.2 Å². The third-order valence-electron chi connectivity index (χ3n) is 1.81. The summed E-state index contributed by atoms with van der Waals surface area (Å²) in [4.78, 5) is 17.5. The van der Waals surface area contributed by atoms with E-state index < -0.39 is 13.4 Å². The molecule has 5 N–H and O–H groups in total. The summed E-state index contributed by atoms with van der Waals surface area (Å²) in [6.07, 6.45) is 0.0879. The summed E-state index contributed by atoms with van der Waals surface area (Å²) < 4.78 is 10.7. The Labute approximate surface area is 81.3 Å². The van der Waals surface area contributed by atoms with Gasteiger partial charge in [-0.3, -0.25) is 4.57 Å².